The second-order valence-electron chi connectivity index (χ2n) is 8.92. The molecule has 3 aliphatic rings. The highest BCUT2D eigenvalue weighted by atomic mass is 32.2. The first kappa shape index (κ1) is 23.8. The first-order chi connectivity index (χ1) is 17.0. The largest absolute Gasteiger partial charge is 0.497 e. The minimum absolute atomic E-state index is 0.00599. The van der Waals surface area contributed by atoms with Crippen molar-refractivity contribution in [1.29, 1.82) is 0 Å². The number of carbonyl (C=O) groups excluding carboxylic acids is 1. The van der Waals surface area contributed by atoms with Gasteiger partial charge in [0.15, 0.2) is 5.84 Å². The van der Waals surface area contributed by atoms with Crippen molar-refractivity contribution in [1.82, 2.24) is 15.1 Å². The number of nitrogens with zero attached hydrogens (tertiary/aromatic N) is 3. The average Bonchev–Trinajstić information content (AvgIpc) is 3.48. The summed E-state index contributed by atoms with van der Waals surface area (Å²) >= 11 is 0. The molecule has 0 aliphatic carbocycles. The van der Waals surface area contributed by atoms with Crippen LogP contribution in [0.5, 0.6) is 5.75 Å². The van der Waals surface area contributed by atoms with Crippen LogP contribution in [0.15, 0.2) is 57.8 Å². The van der Waals surface area contributed by atoms with Crippen LogP contribution >= 0.6 is 0 Å². The number of amides is 1. The molecule has 0 aromatic heterocycles. The SMILES string of the molecule is COc1ccc([C@@H](CNC(=O)[C@@H]2CCCN2C2=NS(=O)(=O)c3ccccc32)N2CCOCC2)cc1. The molecule has 0 bridgehead atoms. The topological polar surface area (TPSA) is 101 Å². The molecular formula is C25H30N4O5S. The van der Waals surface area contributed by atoms with E-state index in [0.29, 0.717) is 44.1 Å². The highest BCUT2D eigenvalue weighted by Crippen LogP contribution is 2.31. The Morgan fingerprint density at radius 1 is 1.14 bits per heavy atom. The van der Waals surface area contributed by atoms with E-state index < -0.39 is 16.1 Å². The van der Waals surface area contributed by atoms with Crippen molar-refractivity contribution in [3.05, 3.63) is 59.7 Å². The lowest BCUT2D eigenvalue weighted by atomic mass is 10.0. The third kappa shape index (κ3) is 4.78. The molecule has 186 valence electrons. The fraction of sp³-hybridized carbons (Fsp3) is 0.440. The van der Waals surface area contributed by atoms with E-state index in [9.17, 15) is 13.2 Å². The Bertz CT molecular complexity index is 1210. The van der Waals surface area contributed by atoms with Gasteiger partial charge in [0.1, 0.15) is 16.7 Å². The van der Waals surface area contributed by atoms with Crippen LogP contribution in [0.2, 0.25) is 0 Å². The van der Waals surface area contributed by atoms with Crippen LogP contribution in [0.3, 0.4) is 0 Å². The molecule has 0 unspecified atom stereocenters. The molecule has 2 aromatic rings. The summed E-state index contributed by atoms with van der Waals surface area (Å²) in [5, 5.41) is 3.15. The highest BCUT2D eigenvalue weighted by molar-refractivity contribution is 7.90. The molecule has 2 aromatic carbocycles. The zero-order chi connectivity index (χ0) is 24.4. The first-order valence-electron chi connectivity index (χ1n) is 11.9. The molecule has 9 nitrogen and oxygen atoms in total. The molecule has 2 fully saturated rings. The first-order valence-corrected chi connectivity index (χ1v) is 13.4. The third-order valence-electron chi connectivity index (χ3n) is 6.90. The monoisotopic (exact) mass is 498 g/mol. The van der Waals surface area contributed by atoms with Gasteiger partial charge in [0.05, 0.1) is 26.4 Å². The van der Waals surface area contributed by atoms with Gasteiger partial charge in [-0.05, 0) is 42.7 Å². The van der Waals surface area contributed by atoms with E-state index in [-0.39, 0.29) is 16.8 Å². The molecule has 1 amide bonds. The molecule has 0 radical (unpaired) electrons. The lowest BCUT2D eigenvalue weighted by Gasteiger charge is -2.35. The van der Waals surface area contributed by atoms with E-state index in [1.54, 1.807) is 31.4 Å². The lowest BCUT2D eigenvalue weighted by Crippen LogP contribution is -2.49. The number of methoxy groups -OCH3 is 1. The number of carbonyl (C=O) groups is 1. The Labute approximate surface area is 205 Å². The fourth-order valence-electron chi connectivity index (χ4n) is 5.08. The number of ether oxygens (including phenoxy) is 2. The Morgan fingerprint density at radius 3 is 2.63 bits per heavy atom. The zero-order valence-corrected chi connectivity index (χ0v) is 20.5. The Kier molecular flexibility index (Phi) is 6.77. The molecule has 3 aliphatic heterocycles. The number of benzene rings is 2. The number of hydrogen-bond acceptors (Lipinski definition) is 7. The normalized spacial score (nSPS) is 22.4. The Morgan fingerprint density at radius 2 is 1.89 bits per heavy atom. The number of fused-ring (bicyclic) bond motifs is 1. The van der Waals surface area contributed by atoms with Gasteiger partial charge in [0, 0.05) is 31.7 Å². The van der Waals surface area contributed by atoms with E-state index in [2.05, 4.69) is 14.6 Å². The van der Waals surface area contributed by atoms with Crippen LogP contribution in [0.4, 0.5) is 0 Å². The quantitative estimate of drug-likeness (QED) is 0.648. The van der Waals surface area contributed by atoms with Crippen LogP contribution in [0.1, 0.15) is 30.0 Å². The Balaban J connectivity index is 1.33. The molecule has 0 saturated carbocycles. The van der Waals surface area contributed by atoms with Crippen molar-refractivity contribution in [2.45, 2.75) is 29.8 Å². The van der Waals surface area contributed by atoms with Crippen molar-refractivity contribution in [2.75, 3.05) is 46.5 Å². The summed E-state index contributed by atoms with van der Waals surface area (Å²) in [6.45, 7) is 3.92. The summed E-state index contributed by atoms with van der Waals surface area (Å²) in [4.78, 5) is 17.8. The number of amidine groups is 1. The number of hydrogen-bond donors (Lipinski definition) is 1. The summed E-state index contributed by atoms with van der Waals surface area (Å²) < 4.78 is 40.0. The summed E-state index contributed by atoms with van der Waals surface area (Å²) in [5.74, 6) is 1.05. The number of likely N-dealkylation sites (tertiary alicyclic amines) is 1. The lowest BCUT2D eigenvalue weighted by molar-refractivity contribution is -0.124. The number of nitrogens with one attached hydrogen (secondary N) is 1. The number of morpholine rings is 1. The van der Waals surface area contributed by atoms with Crippen molar-refractivity contribution in [3.8, 4) is 5.75 Å². The van der Waals surface area contributed by atoms with Gasteiger partial charge in [-0.2, -0.15) is 8.42 Å². The average molecular weight is 499 g/mol. The van der Waals surface area contributed by atoms with Crippen LogP contribution in [-0.2, 0) is 19.6 Å². The molecule has 2 atom stereocenters. The molecule has 35 heavy (non-hydrogen) atoms. The van der Waals surface area contributed by atoms with E-state index >= 15 is 0 Å². The maximum Gasteiger partial charge on any atom is 0.285 e. The van der Waals surface area contributed by atoms with Crippen LogP contribution in [0, 0.1) is 0 Å². The van der Waals surface area contributed by atoms with Gasteiger partial charge < -0.3 is 19.7 Å². The van der Waals surface area contributed by atoms with E-state index in [1.807, 2.05) is 29.2 Å². The minimum atomic E-state index is -3.74. The molecule has 2 saturated heterocycles. The fourth-order valence-corrected chi connectivity index (χ4v) is 6.29. The highest BCUT2D eigenvalue weighted by Gasteiger charge is 2.39. The van der Waals surface area contributed by atoms with Crippen LogP contribution in [0.25, 0.3) is 0 Å². The predicted molar refractivity (Wildman–Crippen MR) is 131 cm³/mol. The van der Waals surface area contributed by atoms with Crippen molar-refractivity contribution in [2.24, 2.45) is 4.40 Å². The standard InChI is InChI=1S/C25H30N4O5S/c1-33-19-10-8-18(9-11-19)22(28-13-15-34-16-14-28)17-26-25(30)21-6-4-12-29(21)24-20-5-2-3-7-23(20)35(31,32)27-24/h2-3,5,7-11,21-22H,4,6,12-17H2,1H3,(H,26,30)/t21-,22+/m0/s1. The smallest absolute Gasteiger partial charge is 0.285 e. The second kappa shape index (κ2) is 9.96. The molecule has 3 heterocycles. The summed E-state index contributed by atoms with van der Waals surface area (Å²) in [5.41, 5.74) is 1.66. The number of sulfonamides is 1. The van der Waals surface area contributed by atoms with Gasteiger partial charge in [0.2, 0.25) is 5.91 Å². The van der Waals surface area contributed by atoms with Gasteiger partial charge in [-0.25, -0.2) is 0 Å². The van der Waals surface area contributed by atoms with E-state index in [0.717, 1.165) is 30.8 Å². The van der Waals surface area contributed by atoms with Gasteiger partial charge in [-0.1, -0.05) is 24.3 Å². The summed E-state index contributed by atoms with van der Waals surface area (Å²) in [6, 6.07) is 14.3. The van der Waals surface area contributed by atoms with Gasteiger partial charge in [0.25, 0.3) is 10.0 Å². The third-order valence-corrected chi connectivity index (χ3v) is 8.22. The molecule has 10 heteroatoms. The maximum atomic E-state index is 13.4. The molecule has 1 N–H and O–H groups in total. The molecule has 5 rings (SSSR count). The molecular weight excluding hydrogens is 468 g/mol. The van der Waals surface area contributed by atoms with E-state index in [4.69, 9.17) is 9.47 Å². The second-order valence-corrected chi connectivity index (χ2v) is 10.5. The van der Waals surface area contributed by atoms with Gasteiger partial charge in [-0.3, -0.25) is 9.69 Å². The van der Waals surface area contributed by atoms with Gasteiger partial charge >= 0.3 is 0 Å². The zero-order valence-electron chi connectivity index (χ0n) is 19.7. The number of rotatable bonds is 6. The Hall–Kier alpha value is -2.95. The maximum absolute atomic E-state index is 13.4. The van der Waals surface area contributed by atoms with Crippen molar-refractivity contribution in [3.63, 3.8) is 0 Å². The summed E-state index contributed by atoms with van der Waals surface area (Å²) in [7, 11) is -2.10. The van der Waals surface area contributed by atoms with Crippen LogP contribution < -0.4 is 10.1 Å². The van der Waals surface area contributed by atoms with Gasteiger partial charge in [-0.15, -0.1) is 4.40 Å². The van der Waals surface area contributed by atoms with Crippen molar-refractivity contribution < 1.29 is 22.7 Å². The van der Waals surface area contributed by atoms with Crippen molar-refractivity contribution >= 4 is 21.8 Å². The van der Waals surface area contributed by atoms with E-state index in [1.165, 1.54) is 0 Å². The summed E-state index contributed by atoms with van der Waals surface area (Å²) in [6.07, 6.45) is 1.45. The minimum Gasteiger partial charge on any atom is -0.497 e. The van der Waals surface area contributed by atoms with Crippen LogP contribution in [-0.4, -0.2) is 82.5 Å². The predicted octanol–water partition coefficient (Wildman–Crippen LogP) is 1.80. The molecule has 0 spiro atoms.